The van der Waals surface area contributed by atoms with Crippen LogP contribution in [0.5, 0.6) is 0 Å². The molecule has 0 aliphatic rings. The van der Waals surface area contributed by atoms with Gasteiger partial charge in [0.05, 0.1) is 15.7 Å². The summed E-state index contributed by atoms with van der Waals surface area (Å²) in [5.74, 6) is 0.149. The lowest BCUT2D eigenvalue weighted by atomic mass is 10.2. The van der Waals surface area contributed by atoms with Crippen molar-refractivity contribution in [3.05, 3.63) is 64.8 Å². The molecule has 3 rings (SSSR count). The Morgan fingerprint density at radius 3 is 2.60 bits per heavy atom. The Morgan fingerprint density at radius 2 is 1.93 bits per heavy atom. The van der Waals surface area contributed by atoms with E-state index in [-0.39, 0.29) is 13.1 Å². The first-order valence-corrected chi connectivity index (χ1v) is 9.80. The second-order valence-corrected chi connectivity index (χ2v) is 6.96. The topological polar surface area (TPSA) is 105 Å². The molecule has 3 aromatic rings. The molecule has 2 aromatic heterocycles. The summed E-state index contributed by atoms with van der Waals surface area (Å²) in [6.45, 7) is 2.15. The van der Waals surface area contributed by atoms with E-state index in [4.69, 9.17) is 23.2 Å². The third-order valence-electron chi connectivity index (χ3n) is 4.16. The number of carbonyl (C=O) groups is 2. The molecule has 0 radical (unpaired) electrons. The van der Waals surface area contributed by atoms with Gasteiger partial charge in [0, 0.05) is 24.8 Å². The van der Waals surface area contributed by atoms with Crippen molar-refractivity contribution >= 4 is 40.8 Å². The summed E-state index contributed by atoms with van der Waals surface area (Å²) in [5.41, 5.74) is 1.06. The van der Waals surface area contributed by atoms with Crippen LogP contribution in [-0.2, 0) is 11.3 Å². The fourth-order valence-corrected chi connectivity index (χ4v) is 3.16. The Labute approximate surface area is 183 Å². The minimum atomic E-state index is -0.410. The molecule has 0 saturated carbocycles. The number of nitrogens with zero attached hydrogens (tertiary/aromatic N) is 5. The van der Waals surface area contributed by atoms with Crippen molar-refractivity contribution in [1.82, 2.24) is 30.0 Å². The maximum Gasteiger partial charge on any atom is 0.318 e. The van der Waals surface area contributed by atoms with E-state index in [9.17, 15) is 9.59 Å². The van der Waals surface area contributed by atoms with Gasteiger partial charge in [0.15, 0.2) is 5.82 Å². The van der Waals surface area contributed by atoms with Crippen LogP contribution in [0.25, 0.3) is 5.82 Å². The maximum absolute atomic E-state index is 12.6. The van der Waals surface area contributed by atoms with Crippen LogP contribution in [0.1, 0.15) is 12.5 Å². The van der Waals surface area contributed by atoms with Crippen LogP contribution in [0.4, 0.5) is 10.5 Å². The number of halogens is 2. The molecule has 0 spiro atoms. The van der Waals surface area contributed by atoms with E-state index < -0.39 is 11.9 Å². The standard InChI is InChI=1S/C19H19Cl2N7O2/c1-2-27(10-16(29)26-17-14(20)6-3-7-15(17)21)19(30)24-9-13-5-4-8-23-18(13)28-12-22-11-25-28/h3-8,11-12H,2,9-10H2,1H3,(H,24,30)(H,26,29). The van der Waals surface area contributed by atoms with Gasteiger partial charge in [-0.05, 0) is 25.1 Å². The van der Waals surface area contributed by atoms with Gasteiger partial charge >= 0.3 is 6.03 Å². The number of likely N-dealkylation sites (N-methyl/N-ethyl adjacent to an activating group) is 1. The number of anilines is 1. The second kappa shape index (κ2) is 10.0. The van der Waals surface area contributed by atoms with Crippen LogP contribution in [-0.4, -0.2) is 49.7 Å². The zero-order valence-electron chi connectivity index (χ0n) is 16.0. The summed E-state index contributed by atoms with van der Waals surface area (Å²) in [4.78, 5) is 34.5. The third-order valence-corrected chi connectivity index (χ3v) is 4.79. The molecule has 0 bridgehead atoms. The summed E-state index contributed by atoms with van der Waals surface area (Å²) in [6, 6.07) is 8.11. The molecule has 0 unspecified atom stereocenters. The number of aromatic nitrogens is 4. The van der Waals surface area contributed by atoms with Crippen molar-refractivity contribution in [3.63, 3.8) is 0 Å². The van der Waals surface area contributed by atoms with Crippen LogP contribution in [0.15, 0.2) is 49.2 Å². The van der Waals surface area contributed by atoms with Crippen LogP contribution in [0, 0.1) is 0 Å². The van der Waals surface area contributed by atoms with Gasteiger partial charge in [-0.2, -0.15) is 5.10 Å². The van der Waals surface area contributed by atoms with Crippen molar-refractivity contribution in [2.45, 2.75) is 13.5 Å². The first-order valence-electron chi connectivity index (χ1n) is 9.05. The highest BCUT2D eigenvalue weighted by atomic mass is 35.5. The average Bonchev–Trinajstić information content (AvgIpc) is 3.28. The van der Waals surface area contributed by atoms with E-state index in [2.05, 4.69) is 25.7 Å². The lowest BCUT2D eigenvalue weighted by Gasteiger charge is -2.21. The number of para-hydroxylation sites is 1. The zero-order valence-corrected chi connectivity index (χ0v) is 17.6. The number of carbonyl (C=O) groups excluding carboxylic acids is 2. The highest BCUT2D eigenvalue weighted by Gasteiger charge is 2.18. The molecule has 30 heavy (non-hydrogen) atoms. The summed E-state index contributed by atoms with van der Waals surface area (Å²) in [6.07, 6.45) is 4.56. The number of pyridine rings is 1. The largest absolute Gasteiger partial charge is 0.334 e. The second-order valence-electron chi connectivity index (χ2n) is 6.14. The van der Waals surface area contributed by atoms with Crippen LogP contribution >= 0.6 is 23.2 Å². The van der Waals surface area contributed by atoms with Gasteiger partial charge in [-0.1, -0.05) is 35.3 Å². The smallest absolute Gasteiger partial charge is 0.318 e. The first-order chi connectivity index (χ1) is 14.5. The highest BCUT2D eigenvalue weighted by molar-refractivity contribution is 6.39. The van der Waals surface area contributed by atoms with Crippen molar-refractivity contribution < 1.29 is 9.59 Å². The molecule has 1 aromatic carbocycles. The Kier molecular flexibility index (Phi) is 7.21. The van der Waals surface area contributed by atoms with Crippen LogP contribution in [0.3, 0.4) is 0 Å². The van der Waals surface area contributed by atoms with E-state index in [0.29, 0.717) is 28.1 Å². The molecular weight excluding hydrogens is 429 g/mol. The Morgan fingerprint density at radius 1 is 1.17 bits per heavy atom. The summed E-state index contributed by atoms with van der Waals surface area (Å²) in [7, 11) is 0. The van der Waals surface area contributed by atoms with Crippen molar-refractivity contribution in [2.24, 2.45) is 0 Å². The number of benzene rings is 1. The SMILES string of the molecule is CCN(CC(=O)Nc1c(Cl)cccc1Cl)C(=O)NCc1cccnc1-n1cncn1. The Balaban J connectivity index is 1.61. The Bertz CT molecular complexity index is 1010. The molecule has 9 nitrogen and oxygen atoms in total. The molecule has 156 valence electrons. The number of urea groups is 1. The van der Waals surface area contributed by atoms with Gasteiger partial charge in [0.1, 0.15) is 19.2 Å². The predicted octanol–water partition coefficient (Wildman–Crippen LogP) is 3.14. The summed E-state index contributed by atoms with van der Waals surface area (Å²) < 4.78 is 1.51. The number of hydrogen-bond acceptors (Lipinski definition) is 5. The van der Waals surface area contributed by atoms with E-state index in [1.807, 2.05) is 6.07 Å². The minimum Gasteiger partial charge on any atom is -0.334 e. The number of hydrogen-bond donors (Lipinski definition) is 2. The zero-order chi connectivity index (χ0) is 21.5. The van der Waals surface area contributed by atoms with Crippen molar-refractivity contribution in [1.29, 1.82) is 0 Å². The van der Waals surface area contributed by atoms with Crippen molar-refractivity contribution in [3.8, 4) is 5.82 Å². The molecule has 0 aliphatic heterocycles. The van der Waals surface area contributed by atoms with Gasteiger partial charge in [-0.25, -0.2) is 19.4 Å². The molecule has 0 fully saturated rings. The molecule has 11 heteroatoms. The lowest BCUT2D eigenvalue weighted by Crippen LogP contribution is -2.43. The average molecular weight is 448 g/mol. The van der Waals surface area contributed by atoms with E-state index >= 15 is 0 Å². The summed E-state index contributed by atoms with van der Waals surface area (Å²) in [5, 5.41) is 10.1. The molecule has 0 atom stereocenters. The minimum absolute atomic E-state index is 0.160. The molecule has 2 heterocycles. The predicted molar refractivity (Wildman–Crippen MR) is 114 cm³/mol. The summed E-state index contributed by atoms with van der Waals surface area (Å²) >= 11 is 12.1. The molecule has 3 amide bonds. The van der Waals surface area contributed by atoms with Crippen LogP contribution in [0.2, 0.25) is 10.0 Å². The van der Waals surface area contributed by atoms with Gasteiger partial charge in [0.25, 0.3) is 0 Å². The lowest BCUT2D eigenvalue weighted by molar-refractivity contribution is -0.116. The Hall–Kier alpha value is -3.17. The van der Waals surface area contributed by atoms with Gasteiger partial charge in [0.2, 0.25) is 5.91 Å². The van der Waals surface area contributed by atoms with Crippen molar-refractivity contribution in [2.75, 3.05) is 18.4 Å². The van der Waals surface area contributed by atoms with E-state index in [1.54, 1.807) is 37.4 Å². The number of rotatable bonds is 7. The van der Waals surface area contributed by atoms with Gasteiger partial charge in [-0.3, -0.25) is 4.79 Å². The normalized spacial score (nSPS) is 10.5. The molecule has 0 saturated heterocycles. The molecule has 0 aliphatic carbocycles. The first kappa shape index (κ1) is 21.5. The third kappa shape index (κ3) is 5.25. The monoisotopic (exact) mass is 447 g/mol. The van der Waals surface area contributed by atoms with Gasteiger partial charge in [-0.15, -0.1) is 0 Å². The highest BCUT2D eigenvalue weighted by Crippen LogP contribution is 2.29. The molecular formula is C19H19Cl2N7O2. The fraction of sp³-hybridized carbons (Fsp3) is 0.211. The molecule has 2 N–H and O–H groups in total. The van der Waals surface area contributed by atoms with Crippen LogP contribution < -0.4 is 10.6 Å². The maximum atomic E-state index is 12.6. The number of nitrogens with one attached hydrogen (secondary N) is 2. The van der Waals surface area contributed by atoms with E-state index in [0.717, 1.165) is 5.56 Å². The van der Waals surface area contributed by atoms with Gasteiger partial charge < -0.3 is 15.5 Å². The fourth-order valence-electron chi connectivity index (χ4n) is 2.67. The number of amides is 3. The quantitative estimate of drug-likeness (QED) is 0.578. The van der Waals surface area contributed by atoms with E-state index in [1.165, 1.54) is 22.2 Å².